The summed E-state index contributed by atoms with van der Waals surface area (Å²) >= 11 is 0. The Balaban J connectivity index is 3.13. The fraction of sp³-hybridized carbons (Fsp3) is 0.188. The average Bonchev–Trinajstić information content (AvgIpc) is 2.42. The summed E-state index contributed by atoms with van der Waals surface area (Å²) in [5, 5.41) is 26.9. The Bertz CT molecular complexity index is 642. The van der Waals surface area contributed by atoms with Gasteiger partial charge in [-0.25, -0.2) is 0 Å². The summed E-state index contributed by atoms with van der Waals surface area (Å²) in [7, 11) is 0. The molecule has 0 bridgehead atoms. The maximum Gasteiger partial charge on any atom is 0.141 e. The average molecular weight is 267 g/mol. The van der Waals surface area contributed by atoms with E-state index in [1.165, 1.54) is 0 Å². The highest BCUT2D eigenvalue weighted by atomic mass is 16.3. The van der Waals surface area contributed by atoms with Crippen LogP contribution in [-0.2, 0) is 0 Å². The number of nitriles is 1. The molecule has 0 heterocycles. The predicted octanol–water partition coefficient (Wildman–Crippen LogP) is 4.95. The maximum absolute atomic E-state index is 9.98. The van der Waals surface area contributed by atoms with Crippen LogP contribution in [0.4, 0.5) is 5.69 Å². The zero-order valence-electron chi connectivity index (χ0n) is 11.9. The maximum atomic E-state index is 9.98. The van der Waals surface area contributed by atoms with Crippen LogP contribution in [0.25, 0.3) is 0 Å². The molecule has 1 aromatic rings. The van der Waals surface area contributed by atoms with Crippen molar-refractivity contribution in [1.82, 2.24) is 0 Å². The van der Waals surface area contributed by atoms with Crippen molar-refractivity contribution in [2.45, 2.75) is 20.8 Å². The molecule has 0 aliphatic heterocycles. The Labute approximate surface area is 119 Å². The number of allylic oxidation sites excluding steroid dienone is 3. The molecule has 4 nitrogen and oxygen atoms in total. The Morgan fingerprint density at radius 1 is 1.35 bits per heavy atom. The molecular weight excluding hydrogens is 250 g/mol. The number of rotatable bonds is 4. The van der Waals surface area contributed by atoms with E-state index < -0.39 is 0 Å². The van der Waals surface area contributed by atoms with Gasteiger partial charge in [0.25, 0.3) is 0 Å². The van der Waals surface area contributed by atoms with Gasteiger partial charge in [0.1, 0.15) is 11.5 Å². The molecule has 20 heavy (non-hydrogen) atoms. The van der Waals surface area contributed by atoms with Gasteiger partial charge < -0.3 is 5.11 Å². The molecule has 4 heteroatoms. The zero-order valence-corrected chi connectivity index (χ0v) is 11.9. The first-order valence-corrected chi connectivity index (χ1v) is 6.10. The Kier molecular flexibility index (Phi) is 5.42. The molecule has 102 valence electrons. The predicted molar refractivity (Wildman–Crippen MR) is 79.6 cm³/mol. The van der Waals surface area contributed by atoms with E-state index in [1.54, 1.807) is 44.2 Å². The number of nitrogens with zero attached hydrogens (tertiary/aromatic N) is 3. The van der Waals surface area contributed by atoms with Gasteiger partial charge in [0.15, 0.2) is 0 Å². The summed E-state index contributed by atoms with van der Waals surface area (Å²) in [5.41, 5.74) is 2.91. The minimum Gasteiger partial charge on any atom is -0.506 e. The number of aliphatic hydroxyl groups excluding tert-OH is 1. The summed E-state index contributed by atoms with van der Waals surface area (Å²) in [6.07, 6.45) is 1.65. The van der Waals surface area contributed by atoms with Crippen LogP contribution in [0, 0.1) is 11.3 Å². The van der Waals surface area contributed by atoms with Gasteiger partial charge in [-0.3, -0.25) is 0 Å². The largest absolute Gasteiger partial charge is 0.506 e. The van der Waals surface area contributed by atoms with Crippen LogP contribution in [0.2, 0.25) is 0 Å². The van der Waals surface area contributed by atoms with Crippen molar-refractivity contribution >= 4 is 5.69 Å². The van der Waals surface area contributed by atoms with Gasteiger partial charge in [-0.15, -0.1) is 5.11 Å². The third kappa shape index (κ3) is 4.54. The number of aliphatic hydroxyl groups is 1. The molecule has 0 unspecified atom stereocenters. The van der Waals surface area contributed by atoms with Crippen molar-refractivity contribution in [3.05, 3.63) is 65.1 Å². The van der Waals surface area contributed by atoms with Crippen molar-refractivity contribution in [2.75, 3.05) is 0 Å². The highest BCUT2D eigenvalue weighted by Crippen LogP contribution is 2.20. The van der Waals surface area contributed by atoms with Gasteiger partial charge in [0.05, 0.1) is 17.3 Å². The van der Waals surface area contributed by atoms with Crippen molar-refractivity contribution in [2.24, 2.45) is 10.2 Å². The van der Waals surface area contributed by atoms with Crippen LogP contribution in [0.1, 0.15) is 26.3 Å². The smallest absolute Gasteiger partial charge is 0.141 e. The third-order valence-corrected chi connectivity index (χ3v) is 2.35. The zero-order chi connectivity index (χ0) is 15.1. The summed E-state index contributed by atoms with van der Waals surface area (Å²) in [4.78, 5) is 0. The first-order chi connectivity index (χ1) is 9.43. The summed E-state index contributed by atoms with van der Waals surface area (Å²) in [6, 6.07) is 8.83. The lowest BCUT2D eigenvalue weighted by molar-refractivity contribution is 0.414. The Morgan fingerprint density at radius 3 is 2.60 bits per heavy atom. The SMILES string of the molecule is C=C(C)/C=C(/N=Nc1cccc(C#N)c1)C(O)=C(C)C. The molecule has 0 aliphatic carbocycles. The van der Waals surface area contributed by atoms with Crippen LogP contribution < -0.4 is 0 Å². The van der Waals surface area contributed by atoms with E-state index in [4.69, 9.17) is 5.26 Å². The molecule has 1 N–H and O–H groups in total. The summed E-state index contributed by atoms with van der Waals surface area (Å²) in [5.74, 6) is 0.0770. The standard InChI is InChI=1S/C16H17N3O/c1-11(2)8-15(16(20)12(3)4)19-18-14-7-5-6-13(9-14)10-17/h5-9,20H,1H2,2-4H3/b15-8+,19-18?. The van der Waals surface area contributed by atoms with E-state index in [1.807, 2.05) is 13.0 Å². The first-order valence-electron chi connectivity index (χ1n) is 6.10. The monoisotopic (exact) mass is 267 g/mol. The van der Waals surface area contributed by atoms with Crippen molar-refractivity contribution in [1.29, 1.82) is 5.26 Å². The molecule has 0 amide bonds. The first kappa shape index (κ1) is 15.4. The normalized spacial score (nSPS) is 11.2. The number of azo groups is 1. The van der Waals surface area contributed by atoms with E-state index in [2.05, 4.69) is 16.8 Å². The highest BCUT2D eigenvalue weighted by molar-refractivity contribution is 5.44. The molecule has 0 aliphatic rings. The van der Waals surface area contributed by atoms with Crippen molar-refractivity contribution in [3.63, 3.8) is 0 Å². The van der Waals surface area contributed by atoms with Crippen LogP contribution in [-0.4, -0.2) is 5.11 Å². The minimum atomic E-state index is 0.0770. The van der Waals surface area contributed by atoms with Gasteiger partial charge in [-0.05, 0) is 50.6 Å². The second-order valence-corrected chi connectivity index (χ2v) is 4.59. The molecule has 0 saturated heterocycles. The second kappa shape index (κ2) is 7.05. The van der Waals surface area contributed by atoms with Crippen LogP contribution in [0.15, 0.2) is 69.8 Å². The quantitative estimate of drug-likeness (QED) is 0.476. The van der Waals surface area contributed by atoms with E-state index in [0.29, 0.717) is 16.9 Å². The molecule has 1 rings (SSSR count). The van der Waals surface area contributed by atoms with Gasteiger partial charge in [0, 0.05) is 0 Å². The molecule has 0 fully saturated rings. The summed E-state index contributed by atoms with van der Waals surface area (Å²) < 4.78 is 0. The number of hydrogen-bond acceptors (Lipinski definition) is 4. The van der Waals surface area contributed by atoms with Gasteiger partial charge in [0.2, 0.25) is 0 Å². The lowest BCUT2D eigenvalue weighted by Gasteiger charge is -2.02. The fourth-order valence-corrected chi connectivity index (χ4v) is 1.38. The van der Waals surface area contributed by atoms with Gasteiger partial charge in [-0.1, -0.05) is 18.2 Å². The van der Waals surface area contributed by atoms with Crippen LogP contribution in [0.5, 0.6) is 0 Å². The Hall–Kier alpha value is -2.67. The van der Waals surface area contributed by atoms with Crippen LogP contribution >= 0.6 is 0 Å². The summed E-state index contributed by atoms with van der Waals surface area (Å²) in [6.45, 7) is 9.14. The van der Waals surface area contributed by atoms with Crippen molar-refractivity contribution < 1.29 is 5.11 Å². The highest BCUT2D eigenvalue weighted by Gasteiger charge is 2.04. The fourth-order valence-electron chi connectivity index (χ4n) is 1.38. The van der Waals surface area contributed by atoms with Crippen molar-refractivity contribution in [3.8, 4) is 6.07 Å². The number of benzene rings is 1. The second-order valence-electron chi connectivity index (χ2n) is 4.59. The third-order valence-electron chi connectivity index (χ3n) is 2.35. The molecule has 0 aromatic heterocycles. The van der Waals surface area contributed by atoms with Crippen LogP contribution in [0.3, 0.4) is 0 Å². The lowest BCUT2D eigenvalue weighted by Crippen LogP contribution is -1.89. The topological polar surface area (TPSA) is 68.7 Å². The molecule has 1 aromatic carbocycles. The van der Waals surface area contributed by atoms with E-state index in [9.17, 15) is 5.11 Å². The van der Waals surface area contributed by atoms with E-state index >= 15 is 0 Å². The molecule has 0 saturated carbocycles. The molecule has 0 atom stereocenters. The lowest BCUT2D eigenvalue weighted by atomic mass is 10.2. The minimum absolute atomic E-state index is 0.0770. The molecular formula is C16H17N3O. The van der Waals surface area contributed by atoms with Gasteiger partial charge in [-0.2, -0.15) is 10.4 Å². The molecule has 0 spiro atoms. The molecule has 0 radical (unpaired) electrons. The van der Waals surface area contributed by atoms with E-state index in [0.717, 1.165) is 11.1 Å². The Morgan fingerprint density at radius 2 is 2.05 bits per heavy atom. The number of hydrogen-bond donors (Lipinski definition) is 1. The van der Waals surface area contributed by atoms with Gasteiger partial charge >= 0.3 is 0 Å². The van der Waals surface area contributed by atoms with E-state index in [-0.39, 0.29) is 5.76 Å².